The van der Waals surface area contributed by atoms with E-state index in [1.807, 2.05) is 0 Å². The second-order valence-corrected chi connectivity index (χ2v) is 9.12. The van der Waals surface area contributed by atoms with Gasteiger partial charge in [0.15, 0.2) is 0 Å². The molecule has 0 spiro atoms. The number of hydrogen-bond acceptors (Lipinski definition) is 0. The van der Waals surface area contributed by atoms with E-state index >= 15 is 0 Å². The van der Waals surface area contributed by atoms with Crippen LogP contribution in [0.4, 0.5) is 0 Å². The van der Waals surface area contributed by atoms with E-state index in [0.29, 0.717) is 0 Å². The molecule has 0 saturated carbocycles. The molecule has 2 heteroatoms. The molecule has 35 heavy (non-hydrogen) atoms. The molecule has 2 heterocycles. The van der Waals surface area contributed by atoms with Crippen LogP contribution >= 0.6 is 0 Å². The van der Waals surface area contributed by atoms with Crippen LogP contribution in [0.1, 0.15) is 0 Å². The highest BCUT2D eigenvalue weighted by Gasteiger charge is 2.19. The highest BCUT2D eigenvalue weighted by atomic mass is 15.1. The van der Waals surface area contributed by atoms with Crippen molar-refractivity contribution >= 4 is 32.8 Å². The summed E-state index contributed by atoms with van der Waals surface area (Å²) >= 11 is 0. The third kappa shape index (κ3) is 3.04. The number of rotatable bonds is 3. The van der Waals surface area contributed by atoms with Crippen molar-refractivity contribution in [1.29, 1.82) is 0 Å². The van der Waals surface area contributed by atoms with Crippen molar-refractivity contribution in [3.8, 4) is 27.9 Å². The lowest BCUT2D eigenvalue weighted by Crippen LogP contribution is -1.99. The van der Waals surface area contributed by atoms with Gasteiger partial charge in [-0.15, -0.1) is 0 Å². The maximum atomic E-state index is 2.40. The Bertz CT molecular complexity index is 1820. The molecule has 2 nitrogen and oxygen atoms in total. The molecule has 0 saturated heterocycles. The van der Waals surface area contributed by atoms with Crippen molar-refractivity contribution in [1.82, 2.24) is 9.13 Å². The van der Waals surface area contributed by atoms with Crippen molar-refractivity contribution in [3.63, 3.8) is 0 Å². The molecule has 7 rings (SSSR count). The van der Waals surface area contributed by atoms with Crippen LogP contribution in [0, 0.1) is 0 Å². The number of aryl methyl sites for hydroxylation is 1. The molecule has 0 bridgehead atoms. The summed E-state index contributed by atoms with van der Waals surface area (Å²) in [6, 6.07) is 45.7. The number of aromatic nitrogens is 2. The van der Waals surface area contributed by atoms with E-state index in [2.05, 4.69) is 144 Å². The average molecular weight is 449 g/mol. The summed E-state index contributed by atoms with van der Waals surface area (Å²) in [6.45, 7) is 0. The van der Waals surface area contributed by atoms with Crippen LogP contribution in [-0.4, -0.2) is 9.13 Å². The fourth-order valence-corrected chi connectivity index (χ4v) is 5.45. The first-order valence-corrected chi connectivity index (χ1v) is 12.0. The normalized spacial score (nSPS) is 11.6. The van der Waals surface area contributed by atoms with Gasteiger partial charge in [-0.05, 0) is 46.5 Å². The summed E-state index contributed by atoms with van der Waals surface area (Å²) in [5.41, 5.74) is 9.82. The topological polar surface area (TPSA) is 9.86 Å². The number of hydrogen-bond donors (Lipinski definition) is 0. The van der Waals surface area contributed by atoms with Crippen molar-refractivity contribution < 1.29 is 0 Å². The largest absolute Gasteiger partial charge is 0.329 e. The fraction of sp³-hybridized carbons (Fsp3) is 0.0303. The van der Waals surface area contributed by atoms with Crippen LogP contribution in [0.25, 0.3) is 60.8 Å². The van der Waals surface area contributed by atoms with E-state index in [4.69, 9.17) is 0 Å². The molecule has 0 radical (unpaired) electrons. The Labute approximate surface area is 204 Å². The van der Waals surface area contributed by atoms with Crippen molar-refractivity contribution in [3.05, 3.63) is 127 Å². The predicted octanol–water partition coefficient (Wildman–Crippen LogP) is 8.61. The average Bonchev–Trinajstić information content (AvgIpc) is 3.42. The lowest BCUT2D eigenvalue weighted by Gasteiger charge is -2.11. The van der Waals surface area contributed by atoms with Gasteiger partial charge in [0.1, 0.15) is 5.65 Å². The highest BCUT2D eigenvalue weighted by molar-refractivity contribution is 6.21. The van der Waals surface area contributed by atoms with Crippen molar-refractivity contribution in [2.75, 3.05) is 0 Å². The van der Waals surface area contributed by atoms with Crippen LogP contribution < -0.4 is 0 Å². The standard InChI is InChI=1S/C33H24N2/c1-34-30-13-7-5-11-28(30)32-29-12-6-8-14-31(29)35(33(32)34)27-21-19-26(20-22-27)25-17-15-24(16-18-25)23-9-3-2-4-10-23/h2-22H,1H3. The molecule has 7 aromatic rings. The Morgan fingerprint density at radius 1 is 0.429 bits per heavy atom. The molecule has 0 N–H and O–H groups in total. The molecule has 0 aliphatic carbocycles. The van der Waals surface area contributed by atoms with Crippen molar-refractivity contribution in [2.24, 2.45) is 7.05 Å². The van der Waals surface area contributed by atoms with Gasteiger partial charge in [0.2, 0.25) is 0 Å². The molecule has 0 atom stereocenters. The Hall–Kier alpha value is -4.56. The molecule has 0 amide bonds. The van der Waals surface area contributed by atoms with Gasteiger partial charge < -0.3 is 4.57 Å². The van der Waals surface area contributed by atoms with E-state index in [0.717, 1.165) is 0 Å². The molecule has 0 fully saturated rings. The Morgan fingerprint density at radius 3 is 1.51 bits per heavy atom. The lowest BCUT2D eigenvalue weighted by molar-refractivity contribution is 0.962. The first-order valence-electron chi connectivity index (χ1n) is 12.0. The summed E-state index contributed by atoms with van der Waals surface area (Å²) < 4.78 is 4.72. The van der Waals surface area contributed by atoms with Gasteiger partial charge in [0.25, 0.3) is 0 Å². The summed E-state index contributed by atoms with van der Waals surface area (Å²) in [6.07, 6.45) is 0. The number of benzene rings is 5. The van der Waals surface area contributed by atoms with E-state index in [1.165, 1.54) is 60.8 Å². The van der Waals surface area contributed by atoms with Gasteiger partial charge in [0.05, 0.1) is 11.0 Å². The first-order chi connectivity index (χ1) is 17.3. The lowest BCUT2D eigenvalue weighted by atomic mass is 10.0. The van der Waals surface area contributed by atoms with Crippen LogP contribution in [0.15, 0.2) is 127 Å². The van der Waals surface area contributed by atoms with Gasteiger partial charge in [0, 0.05) is 28.9 Å². The highest BCUT2D eigenvalue weighted by Crippen LogP contribution is 2.38. The quantitative estimate of drug-likeness (QED) is 0.256. The summed E-state index contributed by atoms with van der Waals surface area (Å²) in [4.78, 5) is 0. The first kappa shape index (κ1) is 19.9. The molecular weight excluding hydrogens is 424 g/mol. The second kappa shape index (κ2) is 7.75. The monoisotopic (exact) mass is 448 g/mol. The molecular formula is C33H24N2. The third-order valence-corrected chi connectivity index (χ3v) is 7.15. The van der Waals surface area contributed by atoms with E-state index in [9.17, 15) is 0 Å². The van der Waals surface area contributed by atoms with Gasteiger partial charge in [-0.1, -0.05) is 103 Å². The van der Waals surface area contributed by atoms with Gasteiger partial charge in [-0.25, -0.2) is 0 Å². The van der Waals surface area contributed by atoms with Crippen molar-refractivity contribution in [2.45, 2.75) is 0 Å². The van der Waals surface area contributed by atoms with Crippen LogP contribution in [-0.2, 0) is 7.05 Å². The minimum absolute atomic E-state index is 1.17. The zero-order valence-electron chi connectivity index (χ0n) is 19.5. The Kier molecular flexibility index (Phi) is 4.40. The second-order valence-electron chi connectivity index (χ2n) is 9.12. The molecule has 0 aliphatic rings. The Morgan fingerprint density at radius 2 is 0.886 bits per heavy atom. The number of para-hydroxylation sites is 2. The molecule has 0 aliphatic heterocycles. The van der Waals surface area contributed by atoms with Crippen LogP contribution in [0.2, 0.25) is 0 Å². The zero-order valence-corrected chi connectivity index (χ0v) is 19.5. The van der Waals surface area contributed by atoms with E-state index < -0.39 is 0 Å². The van der Waals surface area contributed by atoms with E-state index in [1.54, 1.807) is 0 Å². The van der Waals surface area contributed by atoms with Crippen LogP contribution in [0.5, 0.6) is 0 Å². The Balaban J connectivity index is 1.35. The minimum atomic E-state index is 1.17. The maximum absolute atomic E-state index is 2.40. The SMILES string of the molecule is Cn1c2ccccc2c2c3ccccc3n(-c3ccc(-c4ccc(-c5ccccc5)cc4)cc3)c21. The predicted molar refractivity (Wildman–Crippen MR) is 148 cm³/mol. The maximum Gasteiger partial charge on any atom is 0.126 e. The third-order valence-electron chi connectivity index (χ3n) is 7.15. The summed E-state index contributed by atoms with van der Waals surface area (Å²) in [5, 5.41) is 3.91. The smallest absolute Gasteiger partial charge is 0.126 e. The molecule has 5 aromatic carbocycles. The number of fused-ring (bicyclic) bond motifs is 5. The molecule has 0 unspecified atom stereocenters. The molecule has 2 aromatic heterocycles. The fourth-order valence-electron chi connectivity index (χ4n) is 5.45. The summed E-state index contributed by atoms with van der Waals surface area (Å²) in [7, 11) is 2.17. The van der Waals surface area contributed by atoms with Crippen LogP contribution in [0.3, 0.4) is 0 Å². The van der Waals surface area contributed by atoms with Gasteiger partial charge in [-0.3, -0.25) is 4.57 Å². The zero-order chi connectivity index (χ0) is 23.4. The van der Waals surface area contributed by atoms with Gasteiger partial charge >= 0.3 is 0 Å². The van der Waals surface area contributed by atoms with Gasteiger partial charge in [-0.2, -0.15) is 0 Å². The minimum Gasteiger partial charge on any atom is -0.329 e. The molecule has 166 valence electrons. The number of nitrogens with zero attached hydrogens (tertiary/aromatic N) is 2. The summed E-state index contributed by atoms with van der Waals surface area (Å²) in [5.74, 6) is 0. The van der Waals surface area contributed by atoms with E-state index in [-0.39, 0.29) is 0 Å².